The van der Waals surface area contributed by atoms with E-state index in [1.54, 1.807) is 48.5 Å². The number of ether oxygens (including phenoxy) is 1. The molecule has 0 bridgehead atoms. The highest BCUT2D eigenvalue weighted by Crippen LogP contribution is 2.37. The largest absolute Gasteiger partial charge is 0.382 e. The first-order valence-electron chi connectivity index (χ1n) is 9.53. The van der Waals surface area contributed by atoms with Crippen molar-refractivity contribution in [1.29, 1.82) is 0 Å². The Hall–Kier alpha value is -2.38. The lowest BCUT2D eigenvalue weighted by Crippen LogP contribution is -2.35. The van der Waals surface area contributed by atoms with Crippen LogP contribution < -0.4 is 9.62 Å². The molecule has 1 heterocycles. The lowest BCUT2D eigenvalue weighted by atomic mass is 10.1. The molecule has 0 aliphatic carbocycles. The normalized spacial score (nSPS) is 16.1. The number of hydrogen-bond donors (Lipinski definition) is 1. The molecule has 0 aromatic heterocycles. The van der Waals surface area contributed by atoms with E-state index in [4.69, 9.17) is 4.74 Å². The standard InChI is InChI=1S/C21H26N2O4S/c1-3-27-13-7-12-22-21(24)17-10-11-20-18(15-17)14-16(2)23(20)28(25,26)19-8-5-4-6-9-19/h4-6,8-11,15-16H,3,7,12-14H2,1-2H3,(H,22,24)/t16-/m0/s1. The summed E-state index contributed by atoms with van der Waals surface area (Å²) in [6.45, 7) is 5.64. The summed E-state index contributed by atoms with van der Waals surface area (Å²) >= 11 is 0. The second-order valence-electron chi connectivity index (χ2n) is 6.82. The lowest BCUT2D eigenvalue weighted by Gasteiger charge is -2.24. The number of hydrogen-bond acceptors (Lipinski definition) is 4. The Bertz CT molecular complexity index is 929. The van der Waals surface area contributed by atoms with Gasteiger partial charge in [-0.2, -0.15) is 0 Å². The van der Waals surface area contributed by atoms with E-state index in [-0.39, 0.29) is 16.8 Å². The van der Waals surface area contributed by atoms with Gasteiger partial charge in [-0.25, -0.2) is 8.42 Å². The van der Waals surface area contributed by atoms with Crippen LogP contribution >= 0.6 is 0 Å². The van der Waals surface area contributed by atoms with E-state index < -0.39 is 10.0 Å². The van der Waals surface area contributed by atoms with Gasteiger partial charge in [0.1, 0.15) is 0 Å². The topological polar surface area (TPSA) is 75.7 Å². The monoisotopic (exact) mass is 402 g/mol. The Morgan fingerprint density at radius 1 is 1.21 bits per heavy atom. The minimum Gasteiger partial charge on any atom is -0.382 e. The van der Waals surface area contributed by atoms with E-state index in [0.717, 1.165) is 12.0 Å². The summed E-state index contributed by atoms with van der Waals surface area (Å²) in [7, 11) is -3.64. The maximum Gasteiger partial charge on any atom is 0.264 e. The van der Waals surface area contributed by atoms with E-state index in [1.165, 1.54) is 4.31 Å². The molecule has 0 saturated heterocycles. The van der Waals surface area contributed by atoms with Gasteiger partial charge in [0, 0.05) is 31.4 Å². The van der Waals surface area contributed by atoms with Crippen molar-refractivity contribution in [2.45, 2.75) is 37.6 Å². The van der Waals surface area contributed by atoms with Gasteiger partial charge in [-0.3, -0.25) is 9.10 Å². The summed E-state index contributed by atoms with van der Waals surface area (Å²) in [4.78, 5) is 12.6. The molecular weight excluding hydrogens is 376 g/mol. The minimum atomic E-state index is -3.64. The summed E-state index contributed by atoms with van der Waals surface area (Å²) in [5.41, 5.74) is 2.06. The molecule has 3 rings (SSSR count). The van der Waals surface area contributed by atoms with Gasteiger partial charge in [0.15, 0.2) is 0 Å². The molecule has 2 aromatic rings. The average Bonchev–Trinajstić information content (AvgIpc) is 3.03. The summed E-state index contributed by atoms with van der Waals surface area (Å²) in [6, 6.07) is 13.4. The molecular formula is C21H26N2O4S. The Kier molecular flexibility index (Phi) is 6.36. The first-order chi connectivity index (χ1) is 13.4. The van der Waals surface area contributed by atoms with Crippen molar-refractivity contribution in [2.24, 2.45) is 0 Å². The predicted octanol–water partition coefficient (Wildman–Crippen LogP) is 2.98. The van der Waals surface area contributed by atoms with Crippen LogP contribution in [0.1, 0.15) is 36.2 Å². The fourth-order valence-corrected chi connectivity index (χ4v) is 5.15. The van der Waals surface area contributed by atoms with Crippen molar-refractivity contribution in [3.8, 4) is 0 Å². The summed E-state index contributed by atoms with van der Waals surface area (Å²) < 4.78 is 32.9. The molecule has 0 saturated carbocycles. The number of anilines is 1. The molecule has 1 aliphatic rings. The zero-order valence-electron chi connectivity index (χ0n) is 16.2. The van der Waals surface area contributed by atoms with Crippen molar-refractivity contribution < 1.29 is 17.9 Å². The third kappa shape index (κ3) is 4.20. The fraction of sp³-hybridized carbons (Fsp3) is 0.381. The molecule has 150 valence electrons. The van der Waals surface area contributed by atoms with E-state index in [2.05, 4.69) is 5.32 Å². The van der Waals surface area contributed by atoms with Crippen LogP contribution in [-0.2, 0) is 21.2 Å². The first-order valence-corrected chi connectivity index (χ1v) is 11.0. The van der Waals surface area contributed by atoms with E-state index in [1.807, 2.05) is 13.8 Å². The van der Waals surface area contributed by atoms with E-state index >= 15 is 0 Å². The van der Waals surface area contributed by atoms with Crippen molar-refractivity contribution in [3.63, 3.8) is 0 Å². The molecule has 1 atom stereocenters. The SMILES string of the molecule is CCOCCCNC(=O)c1ccc2c(c1)C[C@H](C)N2S(=O)(=O)c1ccccc1. The number of carbonyl (C=O) groups is 1. The van der Waals surface area contributed by atoms with Crippen LogP contribution in [0.15, 0.2) is 53.4 Å². The molecule has 0 spiro atoms. The van der Waals surface area contributed by atoms with Gasteiger partial charge >= 0.3 is 0 Å². The molecule has 6 nitrogen and oxygen atoms in total. The third-order valence-electron chi connectivity index (χ3n) is 4.75. The number of nitrogens with zero attached hydrogens (tertiary/aromatic N) is 1. The van der Waals surface area contributed by atoms with Crippen molar-refractivity contribution in [3.05, 3.63) is 59.7 Å². The molecule has 0 fully saturated rings. The zero-order chi connectivity index (χ0) is 20.1. The number of benzene rings is 2. The first kappa shape index (κ1) is 20.4. The zero-order valence-corrected chi connectivity index (χ0v) is 17.0. The van der Waals surface area contributed by atoms with Gasteiger partial charge in [0.2, 0.25) is 0 Å². The van der Waals surface area contributed by atoms with Crippen LogP contribution in [0, 0.1) is 0 Å². The maximum absolute atomic E-state index is 13.1. The quantitative estimate of drug-likeness (QED) is 0.689. The Balaban J connectivity index is 1.77. The smallest absolute Gasteiger partial charge is 0.264 e. The van der Waals surface area contributed by atoms with Crippen LogP contribution in [0.4, 0.5) is 5.69 Å². The van der Waals surface area contributed by atoms with Gasteiger partial charge in [-0.1, -0.05) is 18.2 Å². The Labute approximate surface area is 166 Å². The molecule has 28 heavy (non-hydrogen) atoms. The van der Waals surface area contributed by atoms with Crippen molar-refractivity contribution in [1.82, 2.24) is 5.32 Å². The van der Waals surface area contributed by atoms with Gasteiger partial charge in [-0.15, -0.1) is 0 Å². The molecule has 0 unspecified atom stereocenters. The minimum absolute atomic E-state index is 0.156. The number of amides is 1. The molecule has 7 heteroatoms. The second-order valence-corrected chi connectivity index (χ2v) is 8.63. The van der Waals surface area contributed by atoms with Crippen molar-refractivity contribution >= 4 is 21.6 Å². The van der Waals surface area contributed by atoms with Gasteiger partial charge in [-0.05, 0) is 62.6 Å². The molecule has 2 aromatic carbocycles. The van der Waals surface area contributed by atoms with Crippen LogP contribution in [-0.4, -0.2) is 40.1 Å². The number of fused-ring (bicyclic) bond motifs is 1. The highest BCUT2D eigenvalue weighted by Gasteiger charge is 2.36. The maximum atomic E-state index is 13.1. The number of rotatable bonds is 8. The Morgan fingerprint density at radius 2 is 1.96 bits per heavy atom. The molecule has 1 amide bonds. The summed E-state index contributed by atoms with van der Waals surface area (Å²) in [6.07, 6.45) is 1.33. The van der Waals surface area contributed by atoms with Gasteiger partial charge in [0.05, 0.1) is 10.6 Å². The van der Waals surface area contributed by atoms with Crippen LogP contribution in [0.25, 0.3) is 0 Å². The van der Waals surface area contributed by atoms with Crippen LogP contribution in [0.2, 0.25) is 0 Å². The molecule has 1 aliphatic heterocycles. The lowest BCUT2D eigenvalue weighted by molar-refractivity contribution is 0.0944. The summed E-state index contributed by atoms with van der Waals surface area (Å²) in [5.74, 6) is -0.156. The van der Waals surface area contributed by atoms with Crippen LogP contribution in [0.3, 0.4) is 0 Å². The molecule has 0 radical (unpaired) electrons. The third-order valence-corrected chi connectivity index (χ3v) is 6.69. The fourth-order valence-electron chi connectivity index (χ4n) is 3.44. The number of carbonyl (C=O) groups excluding carboxylic acids is 1. The van der Waals surface area contributed by atoms with E-state index in [9.17, 15) is 13.2 Å². The summed E-state index contributed by atoms with van der Waals surface area (Å²) in [5, 5.41) is 2.88. The number of nitrogens with one attached hydrogen (secondary N) is 1. The predicted molar refractivity (Wildman–Crippen MR) is 109 cm³/mol. The second kappa shape index (κ2) is 8.75. The van der Waals surface area contributed by atoms with Gasteiger partial charge in [0.25, 0.3) is 15.9 Å². The Morgan fingerprint density at radius 3 is 2.68 bits per heavy atom. The average molecular weight is 403 g/mol. The highest BCUT2D eigenvalue weighted by molar-refractivity contribution is 7.92. The van der Waals surface area contributed by atoms with E-state index in [0.29, 0.717) is 37.4 Å². The van der Waals surface area contributed by atoms with Gasteiger partial charge < -0.3 is 10.1 Å². The van der Waals surface area contributed by atoms with Crippen molar-refractivity contribution in [2.75, 3.05) is 24.1 Å². The highest BCUT2D eigenvalue weighted by atomic mass is 32.2. The van der Waals surface area contributed by atoms with Crippen LogP contribution in [0.5, 0.6) is 0 Å². The molecule has 1 N–H and O–H groups in total. The number of sulfonamides is 1.